The summed E-state index contributed by atoms with van der Waals surface area (Å²) in [6.45, 7) is 7.33. The van der Waals surface area contributed by atoms with E-state index in [0.717, 1.165) is 11.3 Å². The second kappa shape index (κ2) is 15.1. The largest absolute Gasteiger partial charge is 0.512 e. The van der Waals surface area contributed by atoms with Crippen molar-refractivity contribution in [2.24, 2.45) is 0 Å². The molecule has 1 heterocycles. The number of ketones is 1. The molecule has 4 heteroatoms. The monoisotopic (exact) mass is 719 g/mol. The molecule has 0 spiro atoms. The van der Waals surface area contributed by atoms with Gasteiger partial charge in [0.05, 0.1) is 5.76 Å². The van der Waals surface area contributed by atoms with E-state index in [0.29, 0.717) is 5.92 Å². The van der Waals surface area contributed by atoms with Crippen molar-refractivity contribution < 1.29 is 31.0 Å². The Morgan fingerprint density at radius 3 is 1.73 bits per heavy atom. The zero-order valence-electron chi connectivity index (χ0n) is 23.7. The van der Waals surface area contributed by atoms with Gasteiger partial charge in [0.15, 0.2) is 5.78 Å². The van der Waals surface area contributed by atoms with Gasteiger partial charge in [0.25, 0.3) is 0 Å². The Balaban J connectivity index is 0.000000516. The molecule has 5 rings (SSSR count). The molecule has 0 aliphatic carbocycles. The summed E-state index contributed by atoms with van der Waals surface area (Å²) < 4.78 is 0. The maximum absolute atomic E-state index is 10.0. The maximum atomic E-state index is 10.0. The minimum Gasteiger partial charge on any atom is -0.512 e. The Labute approximate surface area is 257 Å². The van der Waals surface area contributed by atoms with Crippen molar-refractivity contribution in [2.75, 3.05) is 0 Å². The van der Waals surface area contributed by atoms with E-state index in [9.17, 15) is 4.79 Å². The van der Waals surface area contributed by atoms with Crippen molar-refractivity contribution in [2.45, 2.75) is 33.6 Å². The predicted molar refractivity (Wildman–Crippen MR) is 166 cm³/mol. The predicted octanol–water partition coefficient (Wildman–Crippen LogP) is 9.71. The van der Waals surface area contributed by atoms with Gasteiger partial charge in [-0.3, -0.25) is 4.79 Å². The van der Waals surface area contributed by atoms with Crippen LogP contribution in [0.4, 0.5) is 0 Å². The molecule has 0 saturated heterocycles. The van der Waals surface area contributed by atoms with Gasteiger partial charge in [0.1, 0.15) is 0 Å². The standard InChI is InChI=1S/C32H26N.C5H8O2.Pt/c1-23(2)30-17-16-26(32-15-9-10-18-33-32)22-31(30)29-20-27(24-11-5-3-6-12-24)19-28(21-29)25-13-7-4-8-14-25;1-4(6)3-5(2)7;/h3-15,17-23H,1-2H3;3,6H,1-2H3;/q-1;;/b;4-3-;. The molecule has 4 aromatic carbocycles. The Kier molecular flexibility index (Phi) is 11.6. The van der Waals surface area contributed by atoms with Gasteiger partial charge in [-0.05, 0) is 71.6 Å². The van der Waals surface area contributed by atoms with Crippen molar-refractivity contribution in [3.63, 3.8) is 0 Å². The zero-order valence-corrected chi connectivity index (χ0v) is 26.0. The van der Waals surface area contributed by atoms with E-state index in [2.05, 4.69) is 116 Å². The zero-order chi connectivity index (χ0) is 28.5. The van der Waals surface area contributed by atoms with E-state index in [4.69, 9.17) is 5.11 Å². The second-order valence-corrected chi connectivity index (χ2v) is 10.0. The molecule has 0 bridgehead atoms. The van der Waals surface area contributed by atoms with Crippen LogP contribution < -0.4 is 0 Å². The smallest absolute Gasteiger partial charge is 0.155 e. The Morgan fingerprint density at radius 2 is 1.29 bits per heavy atom. The normalized spacial score (nSPS) is 10.8. The van der Waals surface area contributed by atoms with E-state index in [1.807, 2.05) is 24.4 Å². The van der Waals surface area contributed by atoms with Crippen molar-refractivity contribution in [1.29, 1.82) is 0 Å². The first-order chi connectivity index (χ1) is 19.3. The first kappa shape index (κ1) is 31.5. The van der Waals surface area contributed by atoms with Crippen LogP contribution in [0.2, 0.25) is 0 Å². The average Bonchev–Trinajstić information content (AvgIpc) is 2.97. The average molecular weight is 720 g/mol. The Bertz CT molecular complexity index is 1530. The molecule has 0 fully saturated rings. The van der Waals surface area contributed by atoms with Crippen LogP contribution in [0.25, 0.3) is 44.6 Å². The fraction of sp³-hybridized carbons (Fsp3) is 0.135. The third-order valence-corrected chi connectivity index (χ3v) is 6.42. The molecule has 1 N–H and O–H groups in total. The van der Waals surface area contributed by atoms with Crippen LogP contribution in [-0.4, -0.2) is 15.9 Å². The van der Waals surface area contributed by atoms with Gasteiger partial charge in [-0.2, -0.15) is 0 Å². The number of aromatic nitrogens is 1. The summed E-state index contributed by atoms with van der Waals surface area (Å²) >= 11 is 0. The van der Waals surface area contributed by atoms with E-state index in [1.54, 1.807) is 0 Å². The van der Waals surface area contributed by atoms with Crippen LogP contribution in [0, 0.1) is 6.07 Å². The SMILES string of the molecule is CC(=O)/C=C(/C)O.CC(C)c1c[c-]c(-c2ccccn2)cc1-c1cc(-c2ccccc2)cc(-c2ccccc2)c1.[Pt]. The van der Waals surface area contributed by atoms with Crippen LogP contribution >= 0.6 is 0 Å². The van der Waals surface area contributed by atoms with Crippen molar-refractivity contribution in [3.05, 3.63) is 139 Å². The summed E-state index contributed by atoms with van der Waals surface area (Å²) in [7, 11) is 0. The summed E-state index contributed by atoms with van der Waals surface area (Å²) in [6.07, 6.45) is 3.00. The first-order valence-electron chi connectivity index (χ1n) is 13.4. The van der Waals surface area contributed by atoms with Crippen LogP contribution in [0.15, 0.2) is 127 Å². The summed E-state index contributed by atoms with van der Waals surface area (Å²) in [4.78, 5) is 14.6. The van der Waals surface area contributed by atoms with Gasteiger partial charge < -0.3 is 10.1 Å². The molecule has 41 heavy (non-hydrogen) atoms. The van der Waals surface area contributed by atoms with Crippen LogP contribution in [-0.2, 0) is 25.9 Å². The number of aliphatic hydroxyl groups is 1. The molecule has 0 saturated carbocycles. The Morgan fingerprint density at radius 1 is 0.756 bits per heavy atom. The third-order valence-electron chi connectivity index (χ3n) is 6.42. The summed E-state index contributed by atoms with van der Waals surface area (Å²) in [5.74, 6) is 0.321. The first-order valence-corrected chi connectivity index (χ1v) is 13.4. The number of hydrogen-bond donors (Lipinski definition) is 1. The number of pyridine rings is 1. The number of nitrogens with zero attached hydrogens (tertiary/aromatic N) is 1. The van der Waals surface area contributed by atoms with Gasteiger partial charge >= 0.3 is 0 Å². The van der Waals surface area contributed by atoms with E-state index < -0.39 is 0 Å². The molecule has 0 aliphatic heterocycles. The van der Waals surface area contributed by atoms with Crippen molar-refractivity contribution >= 4 is 5.78 Å². The molecular weight excluding hydrogens is 685 g/mol. The number of benzene rings is 4. The maximum Gasteiger partial charge on any atom is 0.155 e. The van der Waals surface area contributed by atoms with E-state index in [-0.39, 0.29) is 32.6 Å². The van der Waals surface area contributed by atoms with Crippen molar-refractivity contribution in [3.8, 4) is 44.6 Å². The third kappa shape index (κ3) is 8.70. The number of aliphatic hydroxyl groups excluding tert-OH is 1. The molecule has 0 radical (unpaired) electrons. The number of rotatable bonds is 6. The van der Waals surface area contributed by atoms with Crippen LogP contribution in [0.5, 0.6) is 0 Å². The molecule has 3 nitrogen and oxygen atoms in total. The minimum atomic E-state index is -0.125. The van der Waals surface area contributed by atoms with Gasteiger partial charge in [0.2, 0.25) is 0 Å². The van der Waals surface area contributed by atoms with Gasteiger partial charge in [-0.25, -0.2) is 0 Å². The molecule has 1 aromatic heterocycles. The van der Waals surface area contributed by atoms with Crippen LogP contribution in [0.3, 0.4) is 0 Å². The van der Waals surface area contributed by atoms with E-state index >= 15 is 0 Å². The van der Waals surface area contributed by atoms with Gasteiger partial charge in [0, 0.05) is 33.3 Å². The van der Waals surface area contributed by atoms with E-state index in [1.165, 1.54) is 58.9 Å². The van der Waals surface area contributed by atoms with Crippen molar-refractivity contribution in [1.82, 2.24) is 4.98 Å². The minimum absolute atomic E-state index is 0. The number of allylic oxidation sites excluding steroid dienone is 2. The molecule has 0 aliphatic rings. The molecule has 0 unspecified atom stereocenters. The summed E-state index contributed by atoms with van der Waals surface area (Å²) in [5, 5.41) is 8.36. The molecule has 0 atom stereocenters. The van der Waals surface area contributed by atoms with Gasteiger partial charge in [-0.1, -0.05) is 98.1 Å². The molecule has 210 valence electrons. The molecule has 5 aromatic rings. The number of hydrogen-bond acceptors (Lipinski definition) is 3. The molecular formula is C37H34NO2Pt-. The fourth-order valence-electron chi connectivity index (χ4n) is 4.57. The van der Waals surface area contributed by atoms with Crippen LogP contribution in [0.1, 0.15) is 39.2 Å². The van der Waals surface area contributed by atoms with Gasteiger partial charge in [-0.15, -0.1) is 29.3 Å². The fourth-order valence-corrected chi connectivity index (χ4v) is 4.57. The second-order valence-electron chi connectivity index (χ2n) is 10.0. The topological polar surface area (TPSA) is 50.2 Å². The molecule has 0 amide bonds. The number of carbonyl (C=O) groups is 1. The number of carbonyl (C=O) groups excluding carboxylic acids is 1. The Hall–Kier alpha value is -4.07. The summed E-state index contributed by atoms with van der Waals surface area (Å²) in [5.41, 5.74) is 10.6. The quantitative estimate of drug-likeness (QED) is 0.108. The summed E-state index contributed by atoms with van der Waals surface area (Å²) in [6, 6.07) is 42.0.